The van der Waals surface area contributed by atoms with Gasteiger partial charge in [-0.25, -0.2) is 9.97 Å². The van der Waals surface area contributed by atoms with E-state index < -0.39 is 0 Å². The van der Waals surface area contributed by atoms with E-state index in [1.165, 1.54) is 0 Å². The summed E-state index contributed by atoms with van der Waals surface area (Å²) in [4.78, 5) is 26.4. The van der Waals surface area contributed by atoms with Crippen molar-refractivity contribution in [3.05, 3.63) is 115 Å². The number of hydrogen-bond acceptors (Lipinski definition) is 8. The van der Waals surface area contributed by atoms with Crippen LogP contribution in [0.5, 0.6) is 5.75 Å². The van der Waals surface area contributed by atoms with E-state index in [1.54, 1.807) is 25.7 Å². The molecular weight excluding hydrogens is 540 g/mol. The number of fused-ring (bicyclic) bond motifs is 2. The van der Waals surface area contributed by atoms with Gasteiger partial charge in [-0.2, -0.15) is 5.10 Å². The number of amides is 1. The van der Waals surface area contributed by atoms with Gasteiger partial charge in [-0.3, -0.25) is 14.9 Å². The second-order valence-electron chi connectivity index (χ2n) is 9.98. The molecule has 7 rings (SSSR count). The highest BCUT2D eigenvalue weighted by molar-refractivity contribution is 5.98. The van der Waals surface area contributed by atoms with Crippen molar-refractivity contribution in [2.24, 2.45) is 0 Å². The maximum atomic E-state index is 12.6. The maximum Gasteiger partial charge on any atom is 0.228 e. The average molecular weight is 567 g/mol. The van der Waals surface area contributed by atoms with Gasteiger partial charge in [0.25, 0.3) is 0 Å². The van der Waals surface area contributed by atoms with E-state index in [-0.39, 0.29) is 12.3 Å². The van der Waals surface area contributed by atoms with Crippen molar-refractivity contribution in [3.8, 4) is 28.1 Å². The van der Waals surface area contributed by atoms with Gasteiger partial charge in [-0.15, -0.1) is 0 Å². The third-order valence-electron chi connectivity index (χ3n) is 7.13. The van der Waals surface area contributed by atoms with Crippen molar-refractivity contribution in [3.63, 3.8) is 0 Å². The third-order valence-corrected chi connectivity index (χ3v) is 7.13. The second-order valence-corrected chi connectivity index (χ2v) is 9.98. The quantitative estimate of drug-likeness (QED) is 0.182. The Bertz CT molecular complexity index is 2000. The monoisotopic (exact) mass is 566 g/mol. The molecule has 0 bridgehead atoms. The summed E-state index contributed by atoms with van der Waals surface area (Å²) in [5.41, 5.74) is 8.69. The van der Waals surface area contributed by atoms with Crippen LogP contribution in [0.2, 0.25) is 0 Å². The molecule has 0 unspecified atom stereocenters. The van der Waals surface area contributed by atoms with Crippen molar-refractivity contribution in [1.82, 2.24) is 25.1 Å². The first kappa shape index (κ1) is 25.9. The number of anilines is 3. The van der Waals surface area contributed by atoms with Crippen LogP contribution in [0, 0.1) is 0 Å². The second kappa shape index (κ2) is 11.1. The zero-order chi connectivity index (χ0) is 29.2. The predicted molar refractivity (Wildman–Crippen MR) is 167 cm³/mol. The molecule has 0 saturated carbocycles. The molecule has 6 aromatic rings. The summed E-state index contributed by atoms with van der Waals surface area (Å²) in [6.45, 7) is 0. The van der Waals surface area contributed by atoms with Crippen LogP contribution in [0.3, 0.4) is 0 Å². The minimum atomic E-state index is -0.114. The smallest absolute Gasteiger partial charge is 0.228 e. The van der Waals surface area contributed by atoms with Crippen molar-refractivity contribution >= 4 is 39.8 Å². The molecule has 0 aliphatic carbocycles. The highest BCUT2D eigenvalue weighted by atomic mass is 16.5. The van der Waals surface area contributed by atoms with Gasteiger partial charge in [0.1, 0.15) is 17.0 Å². The number of nitrogens with zero attached hydrogens (tertiary/aromatic N) is 4. The number of nitrogens with one attached hydrogen (secondary N) is 4. The van der Waals surface area contributed by atoms with Crippen molar-refractivity contribution in [1.29, 1.82) is 0 Å². The standard InChI is InChI=1S/C33H26N8O2/c1-43-24-9-5-8-21(16-24)25-12-13-35-33-30(25)36-19-28(39-33)32-31-27(40-41-32)11-10-26(38-31)22-15-23(18-34-17-22)37-29(42)14-20-6-3-2-4-7-20/h2-13,15-19,36H,14H2,1H3,(H,35,39)(H,37,42)(H,40,41). The van der Waals surface area contributed by atoms with Gasteiger partial charge in [0, 0.05) is 29.7 Å². The molecule has 4 N–H and O–H groups in total. The minimum absolute atomic E-state index is 0.114. The Morgan fingerprint density at radius 3 is 2.74 bits per heavy atom. The number of rotatable bonds is 7. The molecule has 210 valence electrons. The Morgan fingerprint density at radius 2 is 1.86 bits per heavy atom. The van der Waals surface area contributed by atoms with Crippen molar-refractivity contribution in [2.45, 2.75) is 6.42 Å². The molecule has 1 amide bonds. The third kappa shape index (κ3) is 5.24. The Balaban J connectivity index is 1.15. The van der Waals surface area contributed by atoms with Gasteiger partial charge in [0.2, 0.25) is 5.91 Å². The molecule has 1 aliphatic rings. The van der Waals surface area contributed by atoms with E-state index in [2.05, 4.69) is 36.1 Å². The fraction of sp³-hybridized carbons (Fsp3) is 0.0606. The van der Waals surface area contributed by atoms with Crippen LogP contribution < -0.4 is 20.7 Å². The Labute approximate surface area is 246 Å². The Morgan fingerprint density at radius 1 is 0.953 bits per heavy atom. The van der Waals surface area contributed by atoms with Gasteiger partial charge in [-0.05, 0) is 47.5 Å². The van der Waals surface area contributed by atoms with Gasteiger partial charge in [-0.1, -0.05) is 42.5 Å². The molecule has 43 heavy (non-hydrogen) atoms. The minimum Gasteiger partial charge on any atom is -0.497 e. The van der Waals surface area contributed by atoms with Crippen LogP contribution >= 0.6 is 0 Å². The highest BCUT2D eigenvalue weighted by Gasteiger charge is 2.21. The van der Waals surface area contributed by atoms with E-state index in [0.29, 0.717) is 28.4 Å². The van der Waals surface area contributed by atoms with Gasteiger partial charge < -0.3 is 20.7 Å². The molecule has 0 atom stereocenters. The number of carbonyl (C=O) groups is 1. The summed E-state index contributed by atoms with van der Waals surface area (Å²) in [5, 5.41) is 17.4. The predicted octanol–water partition coefficient (Wildman–Crippen LogP) is 6.11. The van der Waals surface area contributed by atoms with Gasteiger partial charge in [0.15, 0.2) is 5.82 Å². The topological polar surface area (TPSA) is 130 Å². The number of pyridine rings is 3. The zero-order valence-corrected chi connectivity index (χ0v) is 23.1. The molecule has 5 heterocycles. The number of carbonyl (C=O) groups excluding carboxylic acids is 1. The highest BCUT2D eigenvalue weighted by Crippen LogP contribution is 2.38. The van der Waals surface area contributed by atoms with Crippen LogP contribution in [0.4, 0.5) is 17.2 Å². The van der Waals surface area contributed by atoms with Crippen molar-refractivity contribution < 1.29 is 9.53 Å². The van der Waals surface area contributed by atoms with E-state index in [1.807, 2.05) is 85.1 Å². The fourth-order valence-corrected chi connectivity index (χ4v) is 5.05. The Kier molecular flexibility index (Phi) is 6.68. The molecule has 10 nitrogen and oxygen atoms in total. The molecular formula is C33H26N8O2. The number of ether oxygens (including phenoxy) is 1. The maximum absolute atomic E-state index is 12.6. The van der Waals surface area contributed by atoms with Crippen LogP contribution in [-0.4, -0.2) is 38.2 Å². The van der Waals surface area contributed by atoms with Crippen LogP contribution in [0.15, 0.2) is 104 Å². The first-order valence-corrected chi connectivity index (χ1v) is 13.7. The summed E-state index contributed by atoms with van der Waals surface area (Å²) in [7, 11) is 1.65. The summed E-state index contributed by atoms with van der Waals surface area (Å²) >= 11 is 0. The molecule has 0 fully saturated rings. The lowest BCUT2D eigenvalue weighted by molar-refractivity contribution is -0.115. The van der Waals surface area contributed by atoms with E-state index in [4.69, 9.17) is 9.72 Å². The molecule has 0 saturated heterocycles. The van der Waals surface area contributed by atoms with Gasteiger partial charge >= 0.3 is 0 Å². The largest absolute Gasteiger partial charge is 0.497 e. The van der Waals surface area contributed by atoms with E-state index >= 15 is 0 Å². The number of hydrogen-bond donors (Lipinski definition) is 4. The normalized spacial score (nSPS) is 12.1. The Hall–Kier alpha value is -6.03. The van der Waals surface area contributed by atoms with Gasteiger partial charge in [0.05, 0.1) is 48.0 Å². The van der Waals surface area contributed by atoms with E-state index in [9.17, 15) is 4.79 Å². The zero-order valence-electron chi connectivity index (χ0n) is 23.1. The first-order chi connectivity index (χ1) is 21.1. The number of aromatic nitrogens is 5. The summed E-state index contributed by atoms with van der Waals surface area (Å²) < 4.78 is 5.41. The van der Waals surface area contributed by atoms with E-state index in [0.717, 1.165) is 44.9 Å². The first-order valence-electron chi connectivity index (χ1n) is 13.7. The number of benzene rings is 2. The SMILES string of the molecule is COc1cccc(-c2ccnc3c2NC=C(c2n[nH]c4ccc(-c5cncc(NC(=O)Cc6ccccc6)c5)nc24)N3)c1. The fourth-order valence-electron chi connectivity index (χ4n) is 5.05. The summed E-state index contributed by atoms with van der Waals surface area (Å²) in [6, 6.07) is 25.2. The number of methoxy groups -OCH3 is 1. The van der Waals surface area contributed by atoms with Crippen molar-refractivity contribution in [2.75, 3.05) is 23.1 Å². The van der Waals surface area contributed by atoms with Crippen LogP contribution in [0.1, 0.15) is 11.3 Å². The number of H-pyrrole nitrogens is 1. The van der Waals surface area contributed by atoms with Crippen LogP contribution in [-0.2, 0) is 11.2 Å². The average Bonchev–Trinajstić information content (AvgIpc) is 3.48. The molecule has 0 radical (unpaired) electrons. The molecule has 10 heteroatoms. The summed E-state index contributed by atoms with van der Waals surface area (Å²) in [6.07, 6.45) is 7.26. The molecule has 2 aromatic carbocycles. The lowest BCUT2D eigenvalue weighted by atomic mass is 10.0. The van der Waals surface area contributed by atoms with Crippen LogP contribution in [0.25, 0.3) is 39.1 Å². The number of aromatic amines is 1. The lowest BCUT2D eigenvalue weighted by Gasteiger charge is -2.21. The molecule has 0 spiro atoms. The summed E-state index contributed by atoms with van der Waals surface area (Å²) in [5.74, 6) is 1.34. The lowest BCUT2D eigenvalue weighted by Crippen LogP contribution is -2.14. The molecule has 4 aromatic heterocycles. The molecule has 1 aliphatic heterocycles.